The molecule has 7 nitrogen and oxygen atoms in total. The maximum absolute atomic E-state index is 5.96. The van der Waals surface area contributed by atoms with Crippen molar-refractivity contribution in [2.24, 2.45) is 0 Å². The normalized spacial score (nSPS) is 12.8. The Kier molecular flexibility index (Phi) is 4.21. The lowest BCUT2D eigenvalue weighted by Gasteiger charge is -2.47. The molecule has 1 radical (unpaired) electrons. The van der Waals surface area contributed by atoms with Crippen LogP contribution in [-0.2, 0) is 0 Å². The first kappa shape index (κ1) is 13.3. The molecule has 0 N–H and O–H groups in total. The van der Waals surface area contributed by atoms with E-state index in [4.69, 9.17) is 4.62 Å². The maximum Gasteiger partial charge on any atom is 0.263 e. The minimum Gasteiger partial charge on any atom is -0.336 e. The maximum atomic E-state index is 5.96. The van der Waals surface area contributed by atoms with Crippen LogP contribution in [0.3, 0.4) is 0 Å². The zero-order valence-corrected chi connectivity index (χ0v) is 11.6. The van der Waals surface area contributed by atoms with E-state index in [9.17, 15) is 0 Å². The minimum atomic E-state index is -2.04. The highest BCUT2D eigenvalue weighted by molar-refractivity contribution is 7.64. The molecule has 0 unspecified atom stereocenters. The van der Waals surface area contributed by atoms with E-state index >= 15 is 0 Å². The Labute approximate surface area is 97.1 Å². The fourth-order valence-electron chi connectivity index (χ4n) is 1.65. The van der Waals surface area contributed by atoms with Crippen LogP contribution < -0.4 is 4.62 Å². The third-order valence-corrected chi connectivity index (χ3v) is 5.67. The summed E-state index contributed by atoms with van der Waals surface area (Å²) in [5, 5.41) is 7.58. The first-order valence-corrected chi connectivity index (χ1v) is 6.46. The van der Waals surface area contributed by atoms with Crippen molar-refractivity contribution >= 4 is 7.94 Å². The van der Waals surface area contributed by atoms with Gasteiger partial charge in [-0.2, -0.15) is 0 Å². The molecule has 0 bridgehead atoms. The molecule has 0 aromatic carbocycles. The molecule has 93 valence electrons. The van der Waals surface area contributed by atoms with E-state index in [1.807, 2.05) is 42.3 Å². The Hall–Kier alpha value is -0.750. The molecule has 0 amide bonds. The first-order valence-electron chi connectivity index (χ1n) is 4.90. The zero-order chi connectivity index (χ0) is 12.3. The van der Waals surface area contributed by atoms with Crippen LogP contribution in [0.2, 0.25) is 0 Å². The molecular weight excluding hydrogens is 227 g/mol. The first-order chi connectivity index (χ1) is 7.41. The monoisotopic (exact) mass is 247 g/mol. The third kappa shape index (κ3) is 2.32. The highest BCUT2D eigenvalue weighted by atomic mass is 31.2. The molecule has 0 aliphatic carbocycles. The van der Waals surface area contributed by atoms with Crippen LogP contribution in [0.15, 0.2) is 12.4 Å². The summed E-state index contributed by atoms with van der Waals surface area (Å²) in [6, 6.07) is 0. The molecular formula is C8H20N6OP. The standard InChI is InChI=1S/C8H20N6OP/c1-11(2)16(12(3)4,13(5)6)15-14-8-7-9-10-14/h7-8H,1-6H3. The van der Waals surface area contributed by atoms with Gasteiger partial charge in [0.2, 0.25) is 0 Å². The van der Waals surface area contributed by atoms with E-state index in [0.717, 1.165) is 0 Å². The highest BCUT2D eigenvalue weighted by Crippen LogP contribution is 2.61. The summed E-state index contributed by atoms with van der Waals surface area (Å²) in [7, 11) is 9.90. The van der Waals surface area contributed by atoms with Crippen molar-refractivity contribution in [2.45, 2.75) is 0 Å². The van der Waals surface area contributed by atoms with E-state index in [0.29, 0.717) is 0 Å². The quantitative estimate of drug-likeness (QED) is 0.686. The lowest BCUT2D eigenvalue weighted by molar-refractivity contribution is 0.179. The van der Waals surface area contributed by atoms with Crippen LogP contribution in [0.1, 0.15) is 0 Å². The molecule has 1 heterocycles. The number of hydrogen-bond donors (Lipinski definition) is 0. The number of hydrogen-bond acceptors (Lipinski definition) is 6. The van der Waals surface area contributed by atoms with Gasteiger partial charge in [-0.05, 0) is 47.5 Å². The summed E-state index contributed by atoms with van der Waals surface area (Å²) < 4.78 is 12.2. The Morgan fingerprint density at radius 2 is 1.50 bits per heavy atom. The molecule has 0 aliphatic rings. The van der Waals surface area contributed by atoms with Crippen LogP contribution in [0.4, 0.5) is 0 Å². The second kappa shape index (κ2) is 5.05. The number of rotatable bonds is 5. The lowest BCUT2D eigenvalue weighted by Crippen LogP contribution is -2.41. The van der Waals surface area contributed by atoms with Gasteiger partial charge in [0.15, 0.2) is 0 Å². The summed E-state index contributed by atoms with van der Waals surface area (Å²) >= 11 is 0. The average Bonchev–Trinajstić information content (AvgIpc) is 2.64. The SMILES string of the molecule is CN(C)[P](On1ccnn1)(N(C)C)N(C)C. The second-order valence-corrected chi connectivity index (χ2v) is 7.53. The van der Waals surface area contributed by atoms with Crippen LogP contribution in [-0.4, -0.2) is 71.5 Å². The summed E-state index contributed by atoms with van der Waals surface area (Å²) in [5.74, 6) is 0. The topological polar surface area (TPSA) is 49.7 Å². The molecule has 16 heavy (non-hydrogen) atoms. The van der Waals surface area contributed by atoms with Crippen molar-refractivity contribution in [2.75, 3.05) is 42.3 Å². The van der Waals surface area contributed by atoms with E-state index in [1.165, 1.54) is 4.85 Å². The zero-order valence-electron chi connectivity index (χ0n) is 10.7. The van der Waals surface area contributed by atoms with Crippen molar-refractivity contribution in [1.29, 1.82) is 0 Å². The fourth-order valence-corrected chi connectivity index (χ4v) is 4.54. The predicted octanol–water partition coefficient (Wildman–Crippen LogP) is 0.0691. The molecule has 0 saturated carbocycles. The molecule has 1 aromatic heterocycles. The number of aromatic nitrogens is 3. The van der Waals surface area contributed by atoms with Gasteiger partial charge in [-0.15, -0.1) is 5.10 Å². The van der Waals surface area contributed by atoms with Gasteiger partial charge in [0.1, 0.15) is 0 Å². The average molecular weight is 247 g/mol. The van der Waals surface area contributed by atoms with Crippen molar-refractivity contribution in [1.82, 2.24) is 29.2 Å². The predicted molar refractivity (Wildman–Crippen MR) is 64.6 cm³/mol. The van der Waals surface area contributed by atoms with Crippen LogP contribution in [0.5, 0.6) is 0 Å². The van der Waals surface area contributed by atoms with Gasteiger partial charge in [0.25, 0.3) is 7.94 Å². The fraction of sp³-hybridized carbons (Fsp3) is 0.750. The summed E-state index contributed by atoms with van der Waals surface area (Å²) in [4.78, 5) is 1.40. The van der Waals surface area contributed by atoms with E-state index in [1.54, 1.807) is 12.4 Å². The minimum absolute atomic E-state index is 1.40. The van der Waals surface area contributed by atoms with Crippen molar-refractivity contribution in [3.05, 3.63) is 12.4 Å². The molecule has 1 rings (SSSR count). The van der Waals surface area contributed by atoms with Crippen molar-refractivity contribution in [3.63, 3.8) is 0 Å². The Morgan fingerprint density at radius 3 is 1.81 bits per heavy atom. The second-order valence-electron chi connectivity index (χ2n) is 3.94. The summed E-state index contributed by atoms with van der Waals surface area (Å²) in [5.41, 5.74) is 0. The lowest BCUT2D eigenvalue weighted by atomic mass is 11.0. The number of nitrogens with zero attached hydrogens (tertiary/aromatic N) is 6. The molecule has 1 aromatic rings. The summed E-state index contributed by atoms with van der Waals surface area (Å²) in [6.07, 6.45) is 3.28. The van der Waals surface area contributed by atoms with Gasteiger partial charge in [-0.25, -0.2) is 14.0 Å². The Morgan fingerprint density at radius 1 is 1.00 bits per heavy atom. The molecule has 0 saturated heterocycles. The molecule has 8 heteroatoms. The van der Waals surface area contributed by atoms with Crippen LogP contribution in [0, 0.1) is 0 Å². The van der Waals surface area contributed by atoms with Gasteiger partial charge in [-0.3, -0.25) is 0 Å². The molecule has 0 atom stereocenters. The van der Waals surface area contributed by atoms with E-state index in [-0.39, 0.29) is 0 Å². The largest absolute Gasteiger partial charge is 0.336 e. The Balaban J connectivity index is 3.02. The van der Waals surface area contributed by atoms with E-state index < -0.39 is 7.94 Å². The van der Waals surface area contributed by atoms with E-state index in [2.05, 4.69) is 24.3 Å². The van der Waals surface area contributed by atoms with Gasteiger partial charge >= 0.3 is 0 Å². The highest BCUT2D eigenvalue weighted by Gasteiger charge is 2.40. The Bertz CT molecular complexity index is 291. The van der Waals surface area contributed by atoms with Gasteiger partial charge < -0.3 is 4.62 Å². The van der Waals surface area contributed by atoms with Gasteiger partial charge in [0.05, 0.1) is 12.4 Å². The van der Waals surface area contributed by atoms with Crippen LogP contribution in [0.25, 0.3) is 0 Å². The smallest absolute Gasteiger partial charge is 0.263 e. The van der Waals surface area contributed by atoms with Crippen molar-refractivity contribution < 1.29 is 4.62 Å². The van der Waals surface area contributed by atoms with Crippen molar-refractivity contribution in [3.8, 4) is 0 Å². The van der Waals surface area contributed by atoms with Gasteiger partial charge in [-0.1, -0.05) is 4.85 Å². The van der Waals surface area contributed by atoms with Crippen LogP contribution >= 0.6 is 7.94 Å². The third-order valence-electron chi connectivity index (χ3n) is 2.16. The van der Waals surface area contributed by atoms with Gasteiger partial charge in [0, 0.05) is 0 Å². The summed E-state index contributed by atoms with van der Waals surface area (Å²) in [6.45, 7) is 0. The molecule has 0 aliphatic heterocycles. The molecule has 0 spiro atoms. The molecule has 0 fully saturated rings.